The second-order valence-electron chi connectivity index (χ2n) is 5.28. The predicted octanol–water partition coefficient (Wildman–Crippen LogP) is 2.97. The predicted molar refractivity (Wildman–Crippen MR) is 80.9 cm³/mol. The van der Waals surface area contributed by atoms with Gasteiger partial charge >= 0.3 is 0 Å². The summed E-state index contributed by atoms with van der Waals surface area (Å²) in [6, 6.07) is 7.60. The van der Waals surface area contributed by atoms with Gasteiger partial charge in [0.2, 0.25) is 5.91 Å². The standard InChI is InChI=1S/C16H19N3O2/c20-15(11-21-14-6-1-2-7-14)19-13-5-3-4-12(10-13)16-17-8-9-18-16/h3-5,8-10,14H,1-2,6-7,11H2,(H,17,18)(H,19,20). The molecule has 0 spiro atoms. The number of carbonyl (C=O) groups excluding carboxylic acids is 1. The van der Waals surface area contributed by atoms with E-state index in [2.05, 4.69) is 15.3 Å². The molecule has 2 N–H and O–H groups in total. The Balaban J connectivity index is 1.56. The topological polar surface area (TPSA) is 67.0 Å². The molecule has 110 valence electrons. The van der Waals surface area contributed by atoms with Crippen LogP contribution in [0.25, 0.3) is 11.4 Å². The van der Waals surface area contributed by atoms with Gasteiger partial charge in [-0.3, -0.25) is 4.79 Å². The van der Waals surface area contributed by atoms with Gasteiger partial charge < -0.3 is 15.0 Å². The smallest absolute Gasteiger partial charge is 0.250 e. The first-order chi connectivity index (χ1) is 10.3. The largest absolute Gasteiger partial charge is 0.368 e. The van der Waals surface area contributed by atoms with Crippen LogP contribution >= 0.6 is 0 Å². The summed E-state index contributed by atoms with van der Waals surface area (Å²) in [4.78, 5) is 19.2. The minimum Gasteiger partial charge on any atom is -0.368 e. The first-order valence-corrected chi connectivity index (χ1v) is 7.32. The van der Waals surface area contributed by atoms with E-state index in [1.807, 2.05) is 24.3 Å². The zero-order chi connectivity index (χ0) is 14.5. The van der Waals surface area contributed by atoms with Gasteiger partial charge in [0.1, 0.15) is 12.4 Å². The average Bonchev–Trinajstić information content (AvgIpc) is 3.19. The van der Waals surface area contributed by atoms with E-state index in [9.17, 15) is 4.79 Å². The molecular weight excluding hydrogens is 266 g/mol. The Morgan fingerprint density at radius 3 is 3.00 bits per heavy atom. The zero-order valence-electron chi connectivity index (χ0n) is 11.8. The van der Waals surface area contributed by atoms with Gasteiger partial charge in [-0.2, -0.15) is 0 Å². The van der Waals surface area contributed by atoms with Crippen LogP contribution in [-0.2, 0) is 9.53 Å². The van der Waals surface area contributed by atoms with Crippen molar-refractivity contribution < 1.29 is 9.53 Å². The molecule has 1 heterocycles. The summed E-state index contributed by atoms with van der Waals surface area (Å²) in [5.74, 6) is 0.673. The van der Waals surface area contributed by atoms with Crippen molar-refractivity contribution in [2.75, 3.05) is 11.9 Å². The molecule has 1 fully saturated rings. The number of imidazole rings is 1. The van der Waals surface area contributed by atoms with Crippen LogP contribution < -0.4 is 5.32 Å². The van der Waals surface area contributed by atoms with Gasteiger partial charge in [-0.1, -0.05) is 25.0 Å². The maximum absolute atomic E-state index is 11.9. The Kier molecular flexibility index (Phi) is 4.31. The van der Waals surface area contributed by atoms with E-state index in [4.69, 9.17) is 4.74 Å². The molecule has 21 heavy (non-hydrogen) atoms. The lowest BCUT2D eigenvalue weighted by molar-refractivity contribution is -0.122. The number of aromatic nitrogens is 2. The SMILES string of the molecule is O=C(COC1CCCC1)Nc1cccc(-c2ncc[nH]2)c1. The van der Waals surface area contributed by atoms with Crippen LogP contribution in [0.4, 0.5) is 5.69 Å². The summed E-state index contributed by atoms with van der Waals surface area (Å²) in [5.41, 5.74) is 1.69. The first-order valence-electron chi connectivity index (χ1n) is 7.32. The highest BCUT2D eigenvalue weighted by Gasteiger charge is 2.16. The third-order valence-electron chi connectivity index (χ3n) is 3.67. The number of hydrogen-bond acceptors (Lipinski definition) is 3. The number of anilines is 1. The number of carbonyl (C=O) groups is 1. The molecule has 1 aromatic carbocycles. The van der Waals surface area contributed by atoms with Gasteiger partial charge in [-0.05, 0) is 25.0 Å². The van der Waals surface area contributed by atoms with Gasteiger partial charge in [0.15, 0.2) is 0 Å². The fourth-order valence-corrected chi connectivity index (χ4v) is 2.61. The molecule has 1 aliphatic rings. The monoisotopic (exact) mass is 285 g/mol. The molecule has 0 saturated heterocycles. The summed E-state index contributed by atoms with van der Waals surface area (Å²) >= 11 is 0. The average molecular weight is 285 g/mol. The van der Waals surface area contributed by atoms with Gasteiger partial charge in [-0.25, -0.2) is 4.98 Å². The summed E-state index contributed by atoms with van der Waals surface area (Å²) in [7, 11) is 0. The number of amides is 1. The number of rotatable bonds is 5. The van der Waals surface area contributed by atoms with Crippen molar-refractivity contribution in [1.29, 1.82) is 0 Å². The molecule has 2 aromatic rings. The van der Waals surface area contributed by atoms with E-state index >= 15 is 0 Å². The van der Waals surface area contributed by atoms with Gasteiger partial charge in [0, 0.05) is 23.6 Å². The van der Waals surface area contributed by atoms with Crippen molar-refractivity contribution in [3.63, 3.8) is 0 Å². The van der Waals surface area contributed by atoms with Crippen molar-refractivity contribution in [2.24, 2.45) is 0 Å². The van der Waals surface area contributed by atoms with Crippen LogP contribution in [0.2, 0.25) is 0 Å². The van der Waals surface area contributed by atoms with Crippen LogP contribution in [-0.4, -0.2) is 28.6 Å². The Hall–Kier alpha value is -2.14. The molecule has 5 nitrogen and oxygen atoms in total. The van der Waals surface area contributed by atoms with Gasteiger partial charge in [0.05, 0.1) is 6.10 Å². The molecule has 1 aromatic heterocycles. The lowest BCUT2D eigenvalue weighted by Crippen LogP contribution is -2.21. The normalized spacial score (nSPS) is 15.2. The molecule has 0 radical (unpaired) electrons. The van der Waals surface area contributed by atoms with E-state index in [0.29, 0.717) is 0 Å². The highest BCUT2D eigenvalue weighted by molar-refractivity contribution is 5.92. The molecule has 5 heteroatoms. The molecule has 0 unspecified atom stereocenters. The van der Waals surface area contributed by atoms with Crippen molar-refractivity contribution >= 4 is 11.6 Å². The van der Waals surface area contributed by atoms with Crippen molar-refractivity contribution in [3.05, 3.63) is 36.7 Å². The highest BCUT2D eigenvalue weighted by atomic mass is 16.5. The summed E-state index contributed by atoms with van der Waals surface area (Å²) < 4.78 is 5.61. The van der Waals surface area contributed by atoms with E-state index in [1.54, 1.807) is 12.4 Å². The highest BCUT2D eigenvalue weighted by Crippen LogP contribution is 2.21. The fraction of sp³-hybridized carbons (Fsp3) is 0.375. The lowest BCUT2D eigenvalue weighted by Gasteiger charge is -2.11. The molecule has 0 aliphatic heterocycles. The van der Waals surface area contributed by atoms with Crippen LogP contribution in [0.5, 0.6) is 0 Å². The Bertz CT molecular complexity index is 589. The lowest BCUT2D eigenvalue weighted by atomic mass is 10.2. The minimum atomic E-state index is -0.113. The summed E-state index contributed by atoms with van der Waals surface area (Å²) in [6.07, 6.45) is 8.29. The number of aromatic amines is 1. The molecule has 1 saturated carbocycles. The minimum absolute atomic E-state index is 0.113. The second-order valence-corrected chi connectivity index (χ2v) is 5.28. The maximum atomic E-state index is 11.9. The van der Waals surface area contributed by atoms with Crippen molar-refractivity contribution in [1.82, 2.24) is 9.97 Å². The third kappa shape index (κ3) is 3.70. The molecule has 3 rings (SSSR count). The molecular formula is C16H19N3O2. The number of nitrogens with one attached hydrogen (secondary N) is 2. The van der Waals surface area contributed by atoms with Crippen LogP contribution in [0.15, 0.2) is 36.7 Å². The quantitative estimate of drug-likeness (QED) is 0.887. The Morgan fingerprint density at radius 1 is 1.38 bits per heavy atom. The third-order valence-corrected chi connectivity index (χ3v) is 3.67. The maximum Gasteiger partial charge on any atom is 0.250 e. The number of hydrogen-bond donors (Lipinski definition) is 2. The first kappa shape index (κ1) is 13.8. The van der Waals surface area contributed by atoms with Crippen LogP contribution in [0.3, 0.4) is 0 Å². The summed E-state index contributed by atoms with van der Waals surface area (Å²) in [6.45, 7) is 0.121. The van der Waals surface area contributed by atoms with E-state index in [-0.39, 0.29) is 18.6 Å². The van der Waals surface area contributed by atoms with Crippen molar-refractivity contribution in [2.45, 2.75) is 31.8 Å². The van der Waals surface area contributed by atoms with Gasteiger partial charge in [-0.15, -0.1) is 0 Å². The van der Waals surface area contributed by atoms with Gasteiger partial charge in [0.25, 0.3) is 0 Å². The van der Waals surface area contributed by atoms with Crippen molar-refractivity contribution in [3.8, 4) is 11.4 Å². The van der Waals surface area contributed by atoms with Crippen LogP contribution in [0.1, 0.15) is 25.7 Å². The Morgan fingerprint density at radius 2 is 2.24 bits per heavy atom. The van der Waals surface area contributed by atoms with E-state index in [1.165, 1.54) is 12.8 Å². The number of H-pyrrole nitrogens is 1. The van der Waals surface area contributed by atoms with E-state index < -0.39 is 0 Å². The fourth-order valence-electron chi connectivity index (χ4n) is 2.61. The van der Waals surface area contributed by atoms with Crippen LogP contribution in [0, 0.1) is 0 Å². The molecule has 0 atom stereocenters. The number of benzene rings is 1. The Labute approximate surface area is 123 Å². The summed E-state index contributed by atoms with van der Waals surface area (Å²) in [5, 5.41) is 2.86. The molecule has 0 bridgehead atoms. The number of ether oxygens (including phenoxy) is 1. The molecule has 1 amide bonds. The zero-order valence-corrected chi connectivity index (χ0v) is 11.8. The van der Waals surface area contributed by atoms with E-state index in [0.717, 1.165) is 29.9 Å². The number of nitrogens with zero attached hydrogens (tertiary/aromatic N) is 1. The molecule has 1 aliphatic carbocycles. The second kappa shape index (κ2) is 6.54.